The molecular formula is C46H42IrN4OSi-2. The fourth-order valence-electron chi connectivity index (χ4n) is 6.02. The Morgan fingerprint density at radius 2 is 1.45 bits per heavy atom. The van der Waals surface area contributed by atoms with Crippen LogP contribution in [0.2, 0.25) is 19.6 Å². The second-order valence-electron chi connectivity index (χ2n) is 13.4. The van der Waals surface area contributed by atoms with E-state index in [9.17, 15) is 1.37 Å². The Hall–Kier alpha value is -5.07. The van der Waals surface area contributed by atoms with Crippen LogP contribution in [0.3, 0.4) is 0 Å². The first-order valence-corrected chi connectivity index (χ1v) is 20.3. The van der Waals surface area contributed by atoms with Crippen LogP contribution in [0.1, 0.15) is 54.6 Å². The number of rotatable bonds is 6. The van der Waals surface area contributed by atoms with Crippen LogP contribution < -0.4 is 5.19 Å². The van der Waals surface area contributed by atoms with Crippen LogP contribution in [0.15, 0.2) is 126 Å². The van der Waals surface area contributed by atoms with Crippen LogP contribution in [0.5, 0.6) is 0 Å². The van der Waals surface area contributed by atoms with Gasteiger partial charge in [0.15, 0.2) is 0 Å². The molecule has 1 atom stereocenters. The van der Waals surface area contributed by atoms with Crippen molar-refractivity contribution in [1.29, 1.82) is 0 Å². The first-order chi connectivity index (χ1) is 29.0. The minimum atomic E-state index is -2.82. The summed E-state index contributed by atoms with van der Waals surface area (Å²) in [5, 5.41) is 1.61. The zero-order valence-corrected chi connectivity index (χ0v) is 33.0. The van der Waals surface area contributed by atoms with E-state index in [1.807, 2.05) is 85.9 Å². The molecule has 5 nitrogen and oxygen atoms in total. The molecule has 8 rings (SSSR count). The summed E-state index contributed by atoms with van der Waals surface area (Å²) in [4.78, 5) is 17.3. The summed E-state index contributed by atoms with van der Waals surface area (Å²) in [6.07, 6.45) is 3.49. The van der Waals surface area contributed by atoms with E-state index < -0.39 is 45.9 Å². The monoisotopic (exact) mass is 897 g/mol. The van der Waals surface area contributed by atoms with Gasteiger partial charge in [0.25, 0.3) is 0 Å². The van der Waals surface area contributed by atoms with Gasteiger partial charge in [-0.25, -0.2) is 9.97 Å². The molecular weight excluding hydrogens is 845 g/mol. The summed E-state index contributed by atoms with van der Waals surface area (Å²) in [6.45, 7) is 0.870. The maximum absolute atomic E-state index is 9.17. The number of hydrogen-bond donors (Lipinski definition) is 0. The maximum atomic E-state index is 9.17. The van der Waals surface area contributed by atoms with Crippen LogP contribution in [-0.2, 0) is 20.1 Å². The van der Waals surface area contributed by atoms with Crippen LogP contribution in [0.25, 0.3) is 55.8 Å². The average molecular weight is 897 g/mol. The van der Waals surface area contributed by atoms with Crippen molar-refractivity contribution in [2.24, 2.45) is 0 Å². The Labute approximate surface area is 341 Å². The number of aromatic nitrogens is 4. The van der Waals surface area contributed by atoms with Gasteiger partial charge in [0, 0.05) is 57.7 Å². The molecule has 0 aliphatic rings. The van der Waals surface area contributed by atoms with Gasteiger partial charge in [-0.15, -0.1) is 59.7 Å². The predicted molar refractivity (Wildman–Crippen MR) is 216 cm³/mol. The number of aryl methyl sites for hydroxylation is 3. The van der Waals surface area contributed by atoms with E-state index in [0.29, 0.717) is 27.8 Å². The SMILES string of the molecule is [2H]C(C)(c1ccccc1)c1cc(-c2[c-]cccc2)ncc1[Si](C)(C)C.[2H]C([2H])([2H])c1cc(-c2[c-]cc3oc4nc(C([2H])([2H])[2H])c(C([2H])([2H])[2H])nc4c3c2)ncc1-c1ccccc1.[Ir]. The van der Waals surface area contributed by atoms with Crippen molar-refractivity contribution in [3.05, 3.63) is 162 Å². The second-order valence-corrected chi connectivity index (χ2v) is 18.5. The minimum absolute atomic E-state index is 0. The zero-order chi connectivity index (χ0) is 44.8. The van der Waals surface area contributed by atoms with E-state index >= 15 is 0 Å². The molecule has 0 N–H and O–H groups in total. The van der Waals surface area contributed by atoms with E-state index in [1.165, 1.54) is 23.5 Å². The maximum Gasteiger partial charge on any atom is 0.235 e. The van der Waals surface area contributed by atoms with Gasteiger partial charge in [0.1, 0.15) is 5.52 Å². The van der Waals surface area contributed by atoms with Gasteiger partial charge in [0.2, 0.25) is 5.71 Å². The smallest absolute Gasteiger partial charge is 0.235 e. The summed E-state index contributed by atoms with van der Waals surface area (Å²) in [7, 11) is -1.64. The third kappa shape index (κ3) is 8.13. The molecule has 0 amide bonds. The Morgan fingerprint density at radius 1 is 0.755 bits per heavy atom. The molecule has 0 saturated carbocycles. The van der Waals surface area contributed by atoms with Crippen LogP contribution in [-0.4, -0.2) is 28.0 Å². The molecule has 1 unspecified atom stereocenters. The normalized spacial score (nSPS) is 15.9. The number of hydrogen-bond acceptors (Lipinski definition) is 5. The average Bonchev–Trinajstić information content (AvgIpc) is 3.60. The van der Waals surface area contributed by atoms with E-state index in [4.69, 9.17) is 21.7 Å². The summed E-state index contributed by atoms with van der Waals surface area (Å²) >= 11 is 0. The third-order valence-corrected chi connectivity index (χ3v) is 10.8. The number of benzene rings is 4. The van der Waals surface area contributed by atoms with Crippen LogP contribution >= 0.6 is 0 Å². The molecule has 0 aliphatic carbocycles. The summed E-state index contributed by atoms with van der Waals surface area (Å²) in [5.41, 5.74) is 4.87. The van der Waals surface area contributed by atoms with E-state index in [0.717, 1.165) is 22.4 Å². The molecule has 0 fully saturated rings. The van der Waals surface area contributed by atoms with Crippen LogP contribution in [0, 0.1) is 32.7 Å². The number of nitrogens with zero attached hydrogens (tertiary/aromatic N) is 4. The Morgan fingerprint density at radius 3 is 2.15 bits per heavy atom. The van der Waals surface area contributed by atoms with Gasteiger partial charge in [0.05, 0.1) is 25.0 Å². The van der Waals surface area contributed by atoms with Gasteiger partial charge in [-0.2, -0.15) is 0 Å². The standard InChI is InChI=1S/C24H18N3O.C22H24NSi.Ir/c1-14-11-21(25-13-20(14)17-7-5-4-6-8-17)18-9-10-22-19(12-18)23-24(28-22)27-16(3)15(2)26-23;1-17(18-11-7-5-8-12-18)20-15-21(19-13-9-6-10-14-19)23-16-22(20)24(2,3)4;/h4-8,10-13H,1-3H3;5-13,15-17H,1-4H3;/q2*-1;/i1D3,2D3,3D3;17D;. The molecule has 53 heavy (non-hydrogen) atoms. The van der Waals surface area contributed by atoms with E-state index in [1.54, 1.807) is 18.2 Å². The van der Waals surface area contributed by atoms with E-state index in [-0.39, 0.29) is 42.5 Å². The molecule has 4 aromatic carbocycles. The Kier molecular flexibility index (Phi) is 7.99. The number of furan rings is 1. The third-order valence-electron chi connectivity index (χ3n) is 8.81. The molecule has 0 bridgehead atoms. The molecule has 0 spiro atoms. The molecule has 7 heteroatoms. The fraction of sp³-hybridized carbons (Fsp3) is 0.174. The van der Waals surface area contributed by atoms with Crippen molar-refractivity contribution in [2.75, 3.05) is 0 Å². The molecule has 267 valence electrons. The molecule has 4 aromatic heterocycles. The summed E-state index contributed by atoms with van der Waals surface area (Å²) in [5.74, 6) is -0.816. The topological polar surface area (TPSA) is 64.7 Å². The predicted octanol–water partition coefficient (Wildman–Crippen LogP) is 11.1. The molecule has 0 aliphatic heterocycles. The quantitative estimate of drug-likeness (QED) is 0.123. The Bertz CT molecular complexity index is 2880. The molecule has 4 heterocycles. The van der Waals surface area contributed by atoms with Crippen molar-refractivity contribution in [3.63, 3.8) is 0 Å². The summed E-state index contributed by atoms with van der Waals surface area (Å²) < 4.78 is 85.3. The van der Waals surface area contributed by atoms with Gasteiger partial charge >= 0.3 is 0 Å². The molecule has 0 saturated heterocycles. The number of pyridine rings is 2. The van der Waals surface area contributed by atoms with Crippen LogP contribution in [0.4, 0.5) is 0 Å². The molecule has 8 aromatic rings. The van der Waals surface area contributed by atoms with Gasteiger partial charge < -0.3 is 14.4 Å². The van der Waals surface area contributed by atoms with Crippen molar-refractivity contribution in [1.82, 2.24) is 19.9 Å². The zero-order valence-electron chi connectivity index (χ0n) is 39.6. The van der Waals surface area contributed by atoms with E-state index in [2.05, 4.69) is 52.8 Å². The van der Waals surface area contributed by atoms with Crippen molar-refractivity contribution < 1.29 is 38.2 Å². The van der Waals surface area contributed by atoms with Crippen molar-refractivity contribution in [3.8, 4) is 33.6 Å². The van der Waals surface area contributed by atoms with Crippen molar-refractivity contribution in [2.45, 2.75) is 53.0 Å². The second kappa shape index (κ2) is 15.9. The fourth-order valence-corrected chi connectivity index (χ4v) is 7.54. The largest absolute Gasteiger partial charge is 0.485 e. The summed E-state index contributed by atoms with van der Waals surface area (Å²) in [6, 6.07) is 39.9. The Balaban J connectivity index is 0.000000222. The molecule has 1 radical (unpaired) electrons. The first kappa shape index (κ1) is 26.7. The minimum Gasteiger partial charge on any atom is -0.485 e. The van der Waals surface area contributed by atoms with Gasteiger partial charge in [-0.05, 0) is 64.8 Å². The first-order valence-electron chi connectivity index (χ1n) is 21.8. The van der Waals surface area contributed by atoms with Gasteiger partial charge in [-0.1, -0.05) is 99.4 Å². The number of fused-ring (bicyclic) bond motifs is 3. The van der Waals surface area contributed by atoms with Gasteiger partial charge in [-0.3, -0.25) is 0 Å². The van der Waals surface area contributed by atoms with Crippen molar-refractivity contribution >= 4 is 35.5 Å².